The minimum atomic E-state index is -1.28. The van der Waals surface area contributed by atoms with Crippen LogP contribution in [0.3, 0.4) is 0 Å². The summed E-state index contributed by atoms with van der Waals surface area (Å²) in [5, 5.41) is 10.4. The number of hydrogen-bond donors (Lipinski definition) is 4. The molecule has 2 heterocycles. The van der Waals surface area contributed by atoms with Crippen molar-refractivity contribution in [1.82, 2.24) is 20.5 Å². The summed E-state index contributed by atoms with van der Waals surface area (Å²) in [6.07, 6.45) is 3.15. The van der Waals surface area contributed by atoms with Crippen molar-refractivity contribution in [1.29, 1.82) is 0 Å². The number of ketones is 1. The van der Waals surface area contributed by atoms with Crippen LogP contribution in [-0.4, -0.2) is 52.4 Å². The van der Waals surface area contributed by atoms with Gasteiger partial charge in [0.25, 0.3) is 11.5 Å². The molecule has 4 rings (SSSR count). The molecule has 0 spiro atoms. The van der Waals surface area contributed by atoms with E-state index < -0.39 is 52.9 Å². The van der Waals surface area contributed by atoms with Gasteiger partial charge >= 0.3 is 6.09 Å². The van der Waals surface area contributed by atoms with E-state index in [1.165, 1.54) is 22.9 Å². The third-order valence-electron chi connectivity index (χ3n) is 7.34. The van der Waals surface area contributed by atoms with Crippen molar-refractivity contribution in [2.75, 3.05) is 11.9 Å². The molecule has 12 nitrogen and oxygen atoms in total. The summed E-state index contributed by atoms with van der Waals surface area (Å²) in [5.41, 5.74) is -0.672. The number of ether oxygens (including phenoxy) is 1. The van der Waals surface area contributed by atoms with E-state index in [4.69, 9.17) is 4.74 Å². The average molecular weight is 594 g/mol. The van der Waals surface area contributed by atoms with Crippen LogP contribution in [-0.2, 0) is 30.5 Å². The fraction of sp³-hybridized carbons (Fsp3) is 0.484. The van der Waals surface area contributed by atoms with Gasteiger partial charge in [-0.1, -0.05) is 43.2 Å². The number of aromatic nitrogens is 1. The Bertz CT molecular complexity index is 1410. The highest BCUT2D eigenvalue weighted by Gasteiger charge is 2.37. The maximum Gasteiger partial charge on any atom is 0.412 e. The summed E-state index contributed by atoms with van der Waals surface area (Å²) in [6, 6.07) is 9.72. The minimum absolute atomic E-state index is 0.0551. The second-order valence-corrected chi connectivity index (χ2v) is 12.1. The Balaban J connectivity index is 1.54. The largest absolute Gasteiger partial charge is 0.444 e. The van der Waals surface area contributed by atoms with Gasteiger partial charge in [-0.2, -0.15) is 0 Å². The van der Waals surface area contributed by atoms with Crippen molar-refractivity contribution in [3.63, 3.8) is 0 Å². The summed E-state index contributed by atoms with van der Waals surface area (Å²) < 4.78 is 6.48. The zero-order valence-corrected chi connectivity index (χ0v) is 24.7. The number of anilines is 1. The fourth-order valence-electron chi connectivity index (χ4n) is 4.96. The zero-order valence-electron chi connectivity index (χ0n) is 24.7. The topological polar surface area (TPSA) is 165 Å². The molecule has 1 saturated carbocycles. The predicted molar refractivity (Wildman–Crippen MR) is 158 cm³/mol. The standard InChI is InChI=1S/C31H39N5O7/c1-31(2,3)43-30(42)35-22-10-7-15-36(29(22)41)24(16-19-11-12-19)27(39)34-23(17-21-13-14-32-26(21)38)25(37)28(40)33-18-20-8-5-4-6-9-20/h4-10,15,19,21,23-24H,11-14,16-18H2,1-3H3,(H,32,38)(H,33,40)(H,34,39)(H,35,42)/t21?,23-,24-/m0/s1. The van der Waals surface area contributed by atoms with Crippen molar-refractivity contribution in [3.8, 4) is 0 Å². The van der Waals surface area contributed by atoms with Crippen LogP contribution < -0.4 is 26.8 Å². The molecule has 1 unspecified atom stereocenters. The maximum absolute atomic E-state index is 13.8. The SMILES string of the molecule is CC(C)(C)OC(=O)Nc1cccn([C@@H](CC2CC2)C(=O)N[C@@H](CC2CCNC2=O)C(=O)C(=O)NCc2ccccc2)c1=O. The molecule has 4 N–H and O–H groups in total. The molecule has 2 aromatic rings. The molecular formula is C31H39N5O7. The van der Waals surface area contributed by atoms with E-state index >= 15 is 0 Å². The Labute approximate surface area is 249 Å². The van der Waals surface area contributed by atoms with Gasteiger partial charge in [0.05, 0.1) is 6.04 Å². The number of nitrogens with zero attached hydrogens (tertiary/aromatic N) is 1. The summed E-state index contributed by atoms with van der Waals surface area (Å²) in [5.74, 6) is -2.98. The van der Waals surface area contributed by atoms with E-state index in [-0.39, 0.29) is 30.5 Å². The van der Waals surface area contributed by atoms with Crippen molar-refractivity contribution < 1.29 is 28.7 Å². The Kier molecular flexibility index (Phi) is 9.99. The van der Waals surface area contributed by atoms with Crippen LogP contribution in [0.5, 0.6) is 0 Å². The molecule has 230 valence electrons. The van der Waals surface area contributed by atoms with Crippen LogP contribution in [0.1, 0.15) is 64.5 Å². The molecule has 4 amide bonds. The van der Waals surface area contributed by atoms with Gasteiger partial charge in [0.2, 0.25) is 17.6 Å². The molecule has 12 heteroatoms. The number of pyridine rings is 1. The lowest BCUT2D eigenvalue weighted by molar-refractivity contribution is -0.141. The summed E-state index contributed by atoms with van der Waals surface area (Å²) in [7, 11) is 0. The van der Waals surface area contributed by atoms with Crippen molar-refractivity contribution >= 4 is 35.3 Å². The van der Waals surface area contributed by atoms with Crippen molar-refractivity contribution in [3.05, 3.63) is 64.6 Å². The number of hydrogen-bond acceptors (Lipinski definition) is 7. The first-order valence-electron chi connectivity index (χ1n) is 14.6. The van der Waals surface area contributed by atoms with E-state index in [9.17, 15) is 28.8 Å². The van der Waals surface area contributed by atoms with Crippen molar-refractivity contribution in [2.45, 2.75) is 77.1 Å². The molecule has 0 bridgehead atoms. The van der Waals surface area contributed by atoms with Gasteiger partial charge in [0, 0.05) is 25.2 Å². The van der Waals surface area contributed by atoms with Gasteiger partial charge in [-0.3, -0.25) is 29.3 Å². The maximum atomic E-state index is 13.8. The molecule has 3 atom stereocenters. The first-order chi connectivity index (χ1) is 20.4. The normalized spacial score (nSPS) is 17.7. The molecule has 0 radical (unpaired) electrons. The quantitative estimate of drug-likeness (QED) is 0.275. The highest BCUT2D eigenvalue weighted by Crippen LogP contribution is 2.37. The monoisotopic (exact) mass is 593 g/mol. The molecule has 1 aliphatic carbocycles. The lowest BCUT2D eigenvalue weighted by Crippen LogP contribution is -2.51. The summed E-state index contributed by atoms with van der Waals surface area (Å²) >= 11 is 0. The van der Waals surface area contributed by atoms with Gasteiger partial charge in [0.15, 0.2) is 0 Å². The average Bonchev–Trinajstić information content (AvgIpc) is 3.69. The molecule has 1 saturated heterocycles. The van der Waals surface area contributed by atoms with Gasteiger partial charge in [-0.25, -0.2) is 4.79 Å². The number of carbonyl (C=O) groups excluding carboxylic acids is 5. The van der Waals surface area contributed by atoms with E-state index in [2.05, 4.69) is 21.3 Å². The Hall–Kier alpha value is -4.48. The minimum Gasteiger partial charge on any atom is -0.444 e. The molecule has 1 aliphatic heterocycles. The van der Waals surface area contributed by atoms with Gasteiger partial charge in [-0.15, -0.1) is 0 Å². The molecular weight excluding hydrogens is 554 g/mol. The van der Waals surface area contributed by atoms with Crippen LogP contribution >= 0.6 is 0 Å². The van der Waals surface area contributed by atoms with Gasteiger partial charge < -0.3 is 25.3 Å². The number of nitrogens with one attached hydrogen (secondary N) is 4. The van der Waals surface area contributed by atoms with Crippen molar-refractivity contribution in [2.24, 2.45) is 11.8 Å². The van der Waals surface area contributed by atoms with Crippen LogP contribution in [0.2, 0.25) is 0 Å². The molecule has 1 aromatic carbocycles. The first-order valence-corrected chi connectivity index (χ1v) is 14.6. The number of rotatable bonds is 12. The smallest absolute Gasteiger partial charge is 0.412 e. The lowest BCUT2D eigenvalue weighted by Gasteiger charge is -2.25. The first kappa shape index (κ1) is 31.5. The van der Waals surface area contributed by atoms with Gasteiger partial charge in [-0.05, 0) is 63.6 Å². The third kappa shape index (κ3) is 9.00. The summed E-state index contributed by atoms with van der Waals surface area (Å²) in [4.78, 5) is 78.1. The molecule has 43 heavy (non-hydrogen) atoms. The van der Waals surface area contributed by atoms with E-state index in [1.54, 1.807) is 32.9 Å². The van der Waals surface area contributed by atoms with E-state index in [0.29, 0.717) is 19.4 Å². The molecule has 1 aromatic heterocycles. The molecule has 2 aliphatic rings. The number of Topliss-reactive ketones (excluding diaryl/α,β-unsaturated/α-hetero) is 1. The highest BCUT2D eigenvalue weighted by atomic mass is 16.6. The van der Waals surface area contributed by atoms with Gasteiger partial charge in [0.1, 0.15) is 17.3 Å². The fourth-order valence-corrected chi connectivity index (χ4v) is 4.96. The van der Waals surface area contributed by atoms with Crippen LogP contribution in [0, 0.1) is 11.8 Å². The number of amides is 4. The highest BCUT2D eigenvalue weighted by molar-refractivity contribution is 6.38. The van der Waals surface area contributed by atoms with Crippen LogP contribution in [0.25, 0.3) is 0 Å². The Morgan fingerprint density at radius 3 is 2.35 bits per heavy atom. The van der Waals surface area contributed by atoms with Crippen LogP contribution in [0.15, 0.2) is 53.5 Å². The van der Waals surface area contributed by atoms with Crippen LogP contribution in [0.4, 0.5) is 10.5 Å². The molecule has 2 fully saturated rings. The Morgan fingerprint density at radius 1 is 1.00 bits per heavy atom. The number of benzene rings is 1. The third-order valence-corrected chi connectivity index (χ3v) is 7.34. The lowest BCUT2D eigenvalue weighted by atomic mass is 9.94. The second kappa shape index (κ2) is 13.7. The zero-order chi connectivity index (χ0) is 31.1. The number of carbonyl (C=O) groups is 5. The van der Waals surface area contributed by atoms with E-state index in [0.717, 1.165) is 18.4 Å². The predicted octanol–water partition coefficient (Wildman–Crippen LogP) is 2.43. The summed E-state index contributed by atoms with van der Waals surface area (Å²) in [6.45, 7) is 5.64. The second-order valence-electron chi connectivity index (χ2n) is 12.1. The van der Waals surface area contributed by atoms with E-state index in [1.807, 2.05) is 18.2 Å². The Morgan fingerprint density at radius 2 is 1.72 bits per heavy atom.